The quantitative estimate of drug-likeness (QED) is 0.106. The Kier molecular flexibility index (Phi) is 7.89. The summed E-state index contributed by atoms with van der Waals surface area (Å²) in [4.78, 5) is 40.6. The van der Waals surface area contributed by atoms with E-state index in [1.165, 1.54) is 10.9 Å². The molecule has 7 N–H and O–H groups in total. The van der Waals surface area contributed by atoms with Crippen molar-refractivity contribution in [3.8, 4) is 5.75 Å². The number of imidazole rings is 1. The normalized spacial score (nSPS) is 23.0. The van der Waals surface area contributed by atoms with E-state index >= 15 is 0 Å². The largest absolute Gasteiger partial charge is 0.496 e. The molecule has 15 nitrogen and oxygen atoms in total. The van der Waals surface area contributed by atoms with Crippen LogP contribution in [0.5, 0.6) is 5.75 Å². The first-order chi connectivity index (χ1) is 18.8. The zero-order chi connectivity index (χ0) is 28.8. The molecule has 5 unspecified atom stereocenters. The third-order valence-corrected chi connectivity index (χ3v) is 10.1. The number of fused-ring (bicyclic) bond motifs is 2. The Balaban J connectivity index is 1.39. The number of benzene rings is 2. The fraction of sp³-hybridized carbons (Fsp3) is 0.318. The molecule has 3 heterocycles. The number of rotatable bonds is 9. The Morgan fingerprint density at radius 1 is 1.12 bits per heavy atom. The van der Waals surface area contributed by atoms with Crippen molar-refractivity contribution in [1.29, 1.82) is 0 Å². The molecule has 2 aromatic heterocycles. The molecule has 40 heavy (non-hydrogen) atoms. The first-order valence-corrected chi connectivity index (χ1v) is 15.7. The molecule has 1 saturated heterocycles. The van der Waals surface area contributed by atoms with Crippen molar-refractivity contribution in [3.63, 3.8) is 0 Å². The summed E-state index contributed by atoms with van der Waals surface area (Å²) in [7, 11) is -7.65. The number of halogens is 1. The molecule has 0 radical (unpaired) electrons. The van der Waals surface area contributed by atoms with Crippen LogP contribution in [-0.4, -0.2) is 82.3 Å². The van der Waals surface area contributed by atoms with Gasteiger partial charge in [0.2, 0.25) is 5.28 Å². The van der Waals surface area contributed by atoms with E-state index in [-0.39, 0.29) is 22.3 Å². The number of hydrogen-bond donors (Lipinski definition) is 7. The third kappa shape index (κ3) is 5.99. The molecule has 0 bridgehead atoms. The Hall–Kier alpha value is -2.68. The number of nitrogens with one attached hydrogen (secondary N) is 2. The summed E-state index contributed by atoms with van der Waals surface area (Å²) in [5.41, 5.74) is 1.13. The fourth-order valence-electron chi connectivity index (χ4n) is 4.47. The molecule has 0 aliphatic carbocycles. The van der Waals surface area contributed by atoms with Crippen LogP contribution in [0.2, 0.25) is 5.28 Å². The lowest BCUT2D eigenvalue weighted by atomic mass is 10.1. The summed E-state index contributed by atoms with van der Waals surface area (Å²) in [5, 5.41) is 28.2. The Morgan fingerprint density at radius 2 is 1.90 bits per heavy atom. The molecular weight excluding hydrogens is 590 g/mol. The van der Waals surface area contributed by atoms with Crippen molar-refractivity contribution in [2.24, 2.45) is 0 Å². The standard InChI is InChI=1S/C22H25ClN6O9P2/c1-37-14-4-2-3-11-7-12(5-6-13(11)14)26-19-16-20(28-22(23)27-19)29(9-24-16)21-18(31)17(30)15(38-21)8-25-39(32,33)10-40(34,35)36/h2-7,9,15,17-18,21,30-31H,8,10H2,1H3,(H2,25,32,33)(H,26,27,28)(H2,34,35,36). The van der Waals surface area contributed by atoms with Gasteiger partial charge in [-0.05, 0) is 41.3 Å². The van der Waals surface area contributed by atoms with Crippen molar-refractivity contribution in [1.82, 2.24) is 24.6 Å². The van der Waals surface area contributed by atoms with E-state index in [0.29, 0.717) is 5.69 Å². The van der Waals surface area contributed by atoms with Gasteiger partial charge >= 0.3 is 7.60 Å². The highest BCUT2D eigenvalue weighted by Gasteiger charge is 2.45. The van der Waals surface area contributed by atoms with Gasteiger partial charge in [-0.2, -0.15) is 9.97 Å². The van der Waals surface area contributed by atoms with Gasteiger partial charge in [-0.1, -0.05) is 12.1 Å². The first-order valence-electron chi connectivity index (χ1n) is 11.7. The van der Waals surface area contributed by atoms with Crippen LogP contribution in [0, 0.1) is 0 Å². The molecule has 5 atom stereocenters. The maximum Gasteiger partial charge on any atom is 0.336 e. The summed E-state index contributed by atoms with van der Waals surface area (Å²) in [6.45, 7) is -0.482. The molecule has 2 aromatic carbocycles. The van der Waals surface area contributed by atoms with E-state index in [1.807, 2.05) is 36.4 Å². The number of aromatic nitrogens is 4. The van der Waals surface area contributed by atoms with Crippen molar-refractivity contribution < 1.29 is 43.5 Å². The van der Waals surface area contributed by atoms with Crippen LogP contribution < -0.4 is 15.1 Å². The molecule has 0 amide bonds. The number of aliphatic hydroxyl groups excluding tert-OH is 2. The van der Waals surface area contributed by atoms with Gasteiger partial charge in [-0.3, -0.25) is 13.7 Å². The molecule has 0 saturated carbocycles. The highest BCUT2D eigenvalue weighted by atomic mass is 35.5. The number of ether oxygens (including phenoxy) is 2. The summed E-state index contributed by atoms with van der Waals surface area (Å²) in [5.74, 6) is -0.303. The number of methoxy groups -OCH3 is 1. The molecular formula is C22H25ClN6O9P2. The molecule has 1 aliphatic rings. The van der Waals surface area contributed by atoms with Crippen molar-refractivity contribution >= 4 is 60.2 Å². The van der Waals surface area contributed by atoms with Crippen molar-refractivity contribution in [2.75, 3.05) is 24.9 Å². The summed E-state index contributed by atoms with van der Waals surface area (Å²) in [6.07, 6.45) is -4.15. The lowest BCUT2D eigenvalue weighted by molar-refractivity contribution is -0.0331. The SMILES string of the molecule is COc1cccc2cc(Nc3nc(Cl)nc4c3ncn4C3OC(CNP(=O)(O)CP(=O)(O)O)C(O)C3O)ccc12. The van der Waals surface area contributed by atoms with Gasteiger partial charge in [0.15, 0.2) is 23.2 Å². The summed E-state index contributed by atoms with van der Waals surface area (Å²) < 4.78 is 35.7. The average Bonchev–Trinajstić information content (AvgIpc) is 3.41. The van der Waals surface area contributed by atoms with E-state index in [1.54, 1.807) is 7.11 Å². The predicted octanol–water partition coefficient (Wildman–Crippen LogP) is 1.91. The van der Waals surface area contributed by atoms with E-state index < -0.39 is 52.1 Å². The first kappa shape index (κ1) is 28.8. The second-order valence-electron chi connectivity index (χ2n) is 9.10. The zero-order valence-corrected chi connectivity index (χ0v) is 23.2. The average molecular weight is 615 g/mol. The molecule has 4 aromatic rings. The Bertz CT molecular complexity index is 1670. The van der Waals surface area contributed by atoms with Gasteiger partial charge in [-0.15, -0.1) is 0 Å². The maximum atomic E-state index is 12.1. The molecule has 5 rings (SSSR count). The van der Waals surface area contributed by atoms with Gasteiger partial charge in [0.1, 0.15) is 30.0 Å². The van der Waals surface area contributed by atoms with Gasteiger partial charge in [-0.25, -0.2) is 10.1 Å². The van der Waals surface area contributed by atoms with Gasteiger partial charge in [0.05, 0.1) is 13.4 Å². The van der Waals surface area contributed by atoms with Crippen LogP contribution >= 0.6 is 26.7 Å². The predicted molar refractivity (Wildman–Crippen MR) is 145 cm³/mol. The number of hydrogen-bond acceptors (Lipinski definition) is 10. The van der Waals surface area contributed by atoms with E-state index in [9.17, 15) is 24.2 Å². The van der Waals surface area contributed by atoms with Crippen molar-refractivity contribution in [3.05, 3.63) is 48.0 Å². The van der Waals surface area contributed by atoms with Gasteiger partial charge in [0.25, 0.3) is 7.52 Å². The minimum atomic E-state index is -4.79. The summed E-state index contributed by atoms with van der Waals surface area (Å²) in [6, 6.07) is 11.3. The van der Waals surface area contributed by atoms with Crippen LogP contribution in [0.25, 0.3) is 21.9 Å². The number of nitrogens with zero attached hydrogens (tertiary/aromatic N) is 4. The van der Waals surface area contributed by atoms with E-state index in [0.717, 1.165) is 16.5 Å². The highest BCUT2D eigenvalue weighted by Crippen LogP contribution is 2.52. The van der Waals surface area contributed by atoms with E-state index in [2.05, 4.69) is 25.4 Å². The number of aliphatic hydroxyl groups is 2. The second kappa shape index (κ2) is 11.0. The highest BCUT2D eigenvalue weighted by molar-refractivity contribution is 7.71. The fourth-order valence-corrected chi connectivity index (χ4v) is 7.50. The zero-order valence-electron chi connectivity index (χ0n) is 20.7. The summed E-state index contributed by atoms with van der Waals surface area (Å²) >= 11 is 6.20. The van der Waals surface area contributed by atoms with Crippen LogP contribution in [0.4, 0.5) is 11.5 Å². The Morgan fingerprint density at radius 3 is 2.62 bits per heavy atom. The minimum Gasteiger partial charge on any atom is -0.496 e. The monoisotopic (exact) mass is 614 g/mol. The lowest BCUT2D eigenvalue weighted by Crippen LogP contribution is -2.37. The molecule has 214 valence electrons. The maximum absolute atomic E-state index is 12.1. The molecule has 18 heteroatoms. The van der Waals surface area contributed by atoms with Gasteiger partial charge < -0.3 is 39.7 Å². The second-order valence-corrected chi connectivity index (χ2v) is 13.6. The van der Waals surface area contributed by atoms with Crippen LogP contribution in [0.15, 0.2) is 42.7 Å². The van der Waals surface area contributed by atoms with Crippen LogP contribution in [0.3, 0.4) is 0 Å². The lowest BCUT2D eigenvalue weighted by Gasteiger charge is -2.19. The van der Waals surface area contributed by atoms with E-state index in [4.69, 9.17) is 30.9 Å². The minimum absolute atomic E-state index is 0.135. The Labute approximate surface area is 231 Å². The molecule has 1 fully saturated rings. The van der Waals surface area contributed by atoms with Crippen LogP contribution in [-0.2, 0) is 13.9 Å². The molecule has 0 spiro atoms. The van der Waals surface area contributed by atoms with Crippen molar-refractivity contribution in [2.45, 2.75) is 24.5 Å². The molecule has 1 aliphatic heterocycles. The van der Waals surface area contributed by atoms with Crippen LogP contribution in [0.1, 0.15) is 6.23 Å². The number of anilines is 2. The third-order valence-electron chi connectivity index (χ3n) is 6.24. The topological polar surface area (TPSA) is 221 Å². The smallest absolute Gasteiger partial charge is 0.336 e. The van der Waals surface area contributed by atoms with Gasteiger partial charge in [0, 0.05) is 17.6 Å².